The molecule has 0 aliphatic heterocycles. The van der Waals surface area contributed by atoms with Crippen molar-refractivity contribution in [1.82, 2.24) is 0 Å². The molecule has 0 bridgehead atoms. The van der Waals surface area contributed by atoms with Gasteiger partial charge in [-0.15, -0.1) is 11.3 Å². The quantitative estimate of drug-likeness (QED) is 0.768. The predicted molar refractivity (Wildman–Crippen MR) is 76.4 cm³/mol. The molecule has 2 nitrogen and oxygen atoms in total. The second-order valence-corrected chi connectivity index (χ2v) is 6.44. The Morgan fingerprint density at radius 3 is 2.76 bits per heavy atom. The average molecular weight is 382 g/mol. The Balaban J connectivity index is 2.15. The first-order valence-corrected chi connectivity index (χ1v) is 6.90. The highest BCUT2D eigenvalue weighted by molar-refractivity contribution is 14.1. The molecule has 2 aromatic rings. The van der Waals surface area contributed by atoms with Crippen LogP contribution in [0.4, 0.5) is 10.1 Å². The van der Waals surface area contributed by atoms with Crippen LogP contribution < -0.4 is 5.32 Å². The molecule has 0 saturated carbocycles. The van der Waals surface area contributed by atoms with E-state index < -0.39 is 5.82 Å². The fourth-order valence-electron chi connectivity index (χ4n) is 1.21. The lowest BCUT2D eigenvalue weighted by Gasteiger charge is -2.04. The van der Waals surface area contributed by atoms with Crippen molar-refractivity contribution in [3.8, 4) is 0 Å². The number of benzene rings is 1. The molecular formula is C11H6ClFINOS. The molecular weight excluding hydrogens is 376 g/mol. The number of anilines is 1. The number of carbonyl (C=O) groups excluding carboxylic acids is 1. The molecule has 0 radical (unpaired) electrons. The standard InChI is InChI=1S/C11H6ClFINOS/c12-8-4-7(1-2-9(8)13)15-11(16)6-3-10(14)17-5-6/h1-5H,(H,15,16). The highest BCUT2D eigenvalue weighted by atomic mass is 127. The number of amides is 1. The summed E-state index contributed by atoms with van der Waals surface area (Å²) in [6, 6.07) is 5.85. The van der Waals surface area contributed by atoms with Crippen molar-refractivity contribution in [2.24, 2.45) is 0 Å². The number of thiophene rings is 1. The topological polar surface area (TPSA) is 29.1 Å². The minimum absolute atomic E-state index is 0.0114. The van der Waals surface area contributed by atoms with Crippen molar-refractivity contribution in [2.45, 2.75) is 0 Å². The van der Waals surface area contributed by atoms with E-state index in [1.165, 1.54) is 29.5 Å². The van der Waals surface area contributed by atoms with E-state index in [2.05, 4.69) is 27.9 Å². The van der Waals surface area contributed by atoms with Gasteiger partial charge in [0.2, 0.25) is 0 Å². The summed E-state index contributed by atoms with van der Waals surface area (Å²) in [6.07, 6.45) is 0. The van der Waals surface area contributed by atoms with Crippen molar-refractivity contribution in [3.05, 3.63) is 48.9 Å². The number of nitrogens with one attached hydrogen (secondary N) is 1. The summed E-state index contributed by atoms with van der Waals surface area (Å²) in [5, 5.41) is 4.41. The van der Waals surface area contributed by atoms with E-state index in [9.17, 15) is 9.18 Å². The molecule has 17 heavy (non-hydrogen) atoms. The molecule has 0 aliphatic carbocycles. The van der Waals surface area contributed by atoms with Crippen LogP contribution in [0.3, 0.4) is 0 Å². The van der Waals surface area contributed by atoms with Gasteiger partial charge in [0, 0.05) is 11.1 Å². The maximum Gasteiger partial charge on any atom is 0.256 e. The number of hydrogen-bond acceptors (Lipinski definition) is 2. The monoisotopic (exact) mass is 381 g/mol. The van der Waals surface area contributed by atoms with Crippen molar-refractivity contribution in [3.63, 3.8) is 0 Å². The van der Waals surface area contributed by atoms with E-state index in [1.54, 1.807) is 11.4 Å². The van der Waals surface area contributed by atoms with Crippen molar-refractivity contribution >= 4 is 57.1 Å². The predicted octanol–water partition coefficient (Wildman–Crippen LogP) is 4.40. The van der Waals surface area contributed by atoms with Gasteiger partial charge in [-0.25, -0.2) is 4.39 Å². The van der Waals surface area contributed by atoms with E-state index in [1.807, 2.05) is 0 Å². The summed E-state index contributed by atoms with van der Waals surface area (Å²) in [6.45, 7) is 0. The first-order chi connectivity index (χ1) is 8.06. The van der Waals surface area contributed by atoms with Crippen molar-refractivity contribution < 1.29 is 9.18 Å². The smallest absolute Gasteiger partial charge is 0.256 e. The maximum absolute atomic E-state index is 12.9. The lowest BCUT2D eigenvalue weighted by Crippen LogP contribution is -2.10. The normalized spacial score (nSPS) is 10.3. The number of halogens is 3. The molecule has 2 rings (SSSR count). The summed E-state index contributed by atoms with van der Waals surface area (Å²) in [5.74, 6) is -0.735. The Morgan fingerprint density at radius 1 is 1.41 bits per heavy atom. The van der Waals surface area contributed by atoms with Crippen LogP contribution in [0.2, 0.25) is 5.02 Å². The Hall–Kier alpha value is -0.660. The van der Waals surface area contributed by atoms with Crippen LogP contribution in [0.5, 0.6) is 0 Å². The van der Waals surface area contributed by atoms with Gasteiger partial charge in [-0.2, -0.15) is 0 Å². The molecule has 0 unspecified atom stereocenters. The van der Waals surface area contributed by atoms with E-state index in [4.69, 9.17) is 11.6 Å². The van der Waals surface area contributed by atoms with E-state index in [0.717, 1.165) is 2.88 Å². The van der Waals surface area contributed by atoms with Crippen molar-refractivity contribution in [2.75, 3.05) is 5.32 Å². The Kier molecular flexibility index (Phi) is 4.01. The second-order valence-electron chi connectivity index (χ2n) is 3.22. The van der Waals surface area contributed by atoms with Gasteiger partial charge in [-0.1, -0.05) is 11.6 Å². The average Bonchev–Trinajstić information content (AvgIpc) is 2.70. The van der Waals surface area contributed by atoms with E-state index >= 15 is 0 Å². The molecule has 1 N–H and O–H groups in total. The summed E-state index contributed by atoms with van der Waals surface area (Å²) in [5.41, 5.74) is 1.06. The molecule has 0 atom stereocenters. The fourth-order valence-corrected chi connectivity index (χ4v) is 2.71. The fraction of sp³-hybridized carbons (Fsp3) is 0. The molecule has 0 spiro atoms. The molecule has 88 valence electrons. The third-order valence-corrected chi connectivity index (χ3v) is 4.09. The Morgan fingerprint density at radius 2 is 2.18 bits per heavy atom. The van der Waals surface area contributed by atoms with Gasteiger partial charge < -0.3 is 5.32 Å². The summed E-state index contributed by atoms with van der Waals surface area (Å²) in [4.78, 5) is 11.8. The summed E-state index contributed by atoms with van der Waals surface area (Å²) >= 11 is 9.25. The molecule has 6 heteroatoms. The van der Waals surface area contributed by atoms with E-state index in [0.29, 0.717) is 11.3 Å². The lowest BCUT2D eigenvalue weighted by atomic mass is 10.2. The van der Waals surface area contributed by atoms with Gasteiger partial charge in [0.05, 0.1) is 13.5 Å². The Labute approximate surface area is 120 Å². The number of hydrogen-bond donors (Lipinski definition) is 1. The van der Waals surface area contributed by atoms with Crippen LogP contribution in [0.15, 0.2) is 29.6 Å². The molecule has 1 aromatic carbocycles. The van der Waals surface area contributed by atoms with Crippen molar-refractivity contribution in [1.29, 1.82) is 0 Å². The maximum atomic E-state index is 12.9. The highest BCUT2D eigenvalue weighted by Gasteiger charge is 2.09. The molecule has 1 aromatic heterocycles. The molecule has 0 saturated heterocycles. The Bertz CT molecular complexity index is 572. The minimum atomic E-state index is -0.505. The first kappa shape index (κ1) is 12.8. The third kappa shape index (κ3) is 3.17. The number of carbonyl (C=O) groups is 1. The third-order valence-electron chi connectivity index (χ3n) is 2.01. The largest absolute Gasteiger partial charge is 0.322 e. The van der Waals surface area contributed by atoms with Crippen LogP contribution in [-0.2, 0) is 0 Å². The summed E-state index contributed by atoms with van der Waals surface area (Å²) in [7, 11) is 0. The zero-order chi connectivity index (χ0) is 12.4. The molecule has 0 fully saturated rings. The lowest BCUT2D eigenvalue weighted by molar-refractivity contribution is 0.102. The van der Waals surface area contributed by atoms with Crippen LogP contribution >= 0.6 is 45.5 Å². The van der Waals surface area contributed by atoms with E-state index in [-0.39, 0.29) is 10.9 Å². The SMILES string of the molecule is O=C(Nc1ccc(F)c(Cl)c1)c1csc(I)c1. The first-order valence-electron chi connectivity index (χ1n) is 4.56. The zero-order valence-corrected chi connectivity index (χ0v) is 12.1. The van der Waals surface area contributed by atoms with Gasteiger partial charge in [-0.3, -0.25) is 4.79 Å². The van der Waals surface area contributed by atoms with Gasteiger partial charge in [0.1, 0.15) is 5.82 Å². The molecule has 0 aliphatic rings. The number of rotatable bonds is 2. The second kappa shape index (κ2) is 5.32. The molecule has 1 heterocycles. The van der Waals surface area contributed by atoms with Crippen LogP contribution in [-0.4, -0.2) is 5.91 Å². The zero-order valence-electron chi connectivity index (χ0n) is 8.34. The van der Waals surface area contributed by atoms with Crippen LogP contribution in [0.1, 0.15) is 10.4 Å². The van der Waals surface area contributed by atoms with Gasteiger partial charge in [0.25, 0.3) is 5.91 Å². The highest BCUT2D eigenvalue weighted by Crippen LogP contribution is 2.21. The van der Waals surface area contributed by atoms with Crippen LogP contribution in [0.25, 0.3) is 0 Å². The molecule has 1 amide bonds. The van der Waals surface area contributed by atoms with Crippen LogP contribution in [0, 0.1) is 8.70 Å². The summed E-state index contributed by atoms with van der Waals surface area (Å²) < 4.78 is 14.0. The minimum Gasteiger partial charge on any atom is -0.322 e. The van der Waals surface area contributed by atoms with Gasteiger partial charge >= 0.3 is 0 Å². The van der Waals surface area contributed by atoms with Gasteiger partial charge in [-0.05, 0) is 46.9 Å². The van der Waals surface area contributed by atoms with Gasteiger partial charge in [0.15, 0.2) is 0 Å².